The van der Waals surface area contributed by atoms with Crippen molar-refractivity contribution in [3.63, 3.8) is 0 Å². The predicted molar refractivity (Wildman–Crippen MR) is 94.6 cm³/mol. The molecule has 0 spiro atoms. The number of hydrogen-bond acceptors (Lipinski definition) is 3. The second-order valence-corrected chi connectivity index (χ2v) is 7.47. The molecule has 1 aliphatic carbocycles. The van der Waals surface area contributed by atoms with Crippen LogP contribution in [0.3, 0.4) is 0 Å². The summed E-state index contributed by atoms with van der Waals surface area (Å²) < 4.78 is 0. The summed E-state index contributed by atoms with van der Waals surface area (Å²) in [6, 6.07) is 7.68. The first-order chi connectivity index (χ1) is 11.6. The summed E-state index contributed by atoms with van der Waals surface area (Å²) in [5.74, 6) is 0.610. The highest BCUT2D eigenvalue weighted by molar-refractivity contribution is 7.98. The van der Waals surface area contributed by atoms with Crippen LogP contribution in [0.2, 0.25) is 0 Å². The molecule has 1 saturated heterocycles. The first-order valence-corrected chi connectivity index (χ1v) is 9.74. The summed E-state index contributed by atoms with van der Waals surface area (Å²) in [5.41, 5.74) is 0.734. The fraction of sp³-hybridized carbons (Fsp3) is 0.556. The van der Waals surface area contributed by atoms with E-state index in [0.717, 1.165) is 23.4 Å². The minimum Gasteiger partial charge on any atom is -0.465 e. The third kappa shape index (κ3) is 3.53. The molecule has 5 nitrogen and oxygen atoms in total. The van der Waals surface area contributed by atoms with Crippen molar-refractivity contribution in [2.24, 2.45) is 5.92 Å². The Morgan fingerprint density at radius 3 is 2.62 bits per heavy atom. The average Bonchev–Trinajstić information content (AvgIpc) is 3.03. The van der Waals surface area contributed by atoms with Gasteiger partial charge in [0.2, 0.25) is 0 Å². The zero-order chi connectivity index (χ0) is 17.1. The number of hydrogen-bond donors (Lipinski definition) is 1. The molecule has 1 saturated carbocycles. The van der Waals surface area contributed by atoms with Gasteiger partial charge in [0.25, 0.3) is 5.91 Å². The van der Waals surface area contributed by atoms with Gasteiger partial charge in [-0.1, -0.05) is 18.6 Å². The van der Waals surface area contributed by atoms with Crippen LogP contribution in [0.1, 0.15) is 36.0 Å². The summed E-state index contributed by atoms with van der Waals surface area (Å²) in [6.07, 6.45) is 5.39. The van der Waals surface area contributed by atoms with Crippen LogP contribution in [0, 0.1) is 5.92 Å². The van der Waals surface area contributed by atoms with Gasteiger partial charge in [0.1, 0.15) is 0 Å². The molecule has 1 aromatic carbocycles. The summed E-state index contributed by atoms with van der Waals surface area (Å²) in [4.78, 5) is 28.8. The lowest BCUT2D eigenvalue weighted by atomic mass is 9.84. The number of amides is 2. The maximum absolute atomic E-state index is 13.2. The zero-order valence-corrected chi connectivity index (χ0v) is 14.8. The standard InChI is InChI=1S/C18H24N2O3S/c1-24-16-8-3-2-7-15(16)17(21)20(11-13-5-4-6-13)14-9-10-19(12-14)18(22)23/h2-3,7-8,13-14H,4-6,9-12H2,1H3,(H,22,23)/t14-/m0/s1. The maximum atomic E-state index is 13.2. The van der Waals surface area contributed by atoms with Gasteiger partial charge in [-0.2, -0.15) is 0 Å². The van der Waals surface area contributed by atoms with Crippen molar-refractivity contribution in [1.29, 1.82) is 0 Å². The van der Waals surface area contributed by atoms with Crippen LogP contribution in [0.25, 0.3) is 0 Å². The Hall–Kier alpha value is -1.69. The number of benzene rings is 1. The predicted octanol–water partition coefficient (Wildman–Crippen LogP) is 3.40. The molecule has 0 radical (unpaired) electrons. The van der Waals surface area contributed by atoms with E-state index in [1.807, 2.05) is 35.4 Å². The molecule has 0 aromatic heterocycles. The fourth-order valence-electron chi connectivity index (χ4n) is 3.50. The van der Waals surface area contributed by atoms with Gasteiger partial charge in [0.05, 0.1) is 11.6 Å². The molecule has 130 valence electrons. The molecule has 1 heterocycles. The lowest BCUT2D eigenvalue weighted by Gasteiger charge is -2.36. The van der Waals surface area contributed by atoms with Crippen LogP contribution in [-0.4, -0.2) is 58.8 Å². The van der Waals surface area contributed by atoms with Crippen molar-refractivity contribution < 1.29 is 14.7 Å². The molecule has 1 aliphatic heterocycles. The van der Waals surface area contributed by atoms with E-state index in [2.05, 4.69) is 0 Å². The molecular weight excluding hydrogens is 324 g/mol. The van der Waals surface area contributed by atoms with Crippen molar-refractivity contribution in [3.8, 4) is 0 Å². The average molecular weight is 348 g/mol. The van der Waals surface area contributed by atoms with Crippen LogP contribution < -0.4 is 0 Å². The zero-order valence-electron chi connectivity index (χ0n) is 14.0. The Morgan fingerprint density at radius 2 is 2.04 bits per heavy atom. The van der Waals surface area contributed by atoms with Crippen LogP contribution in [0.4, 0.5) is 4.79 Å². The molecule has 24 heavy (non-hydrogen) atoms. The molecule has 1 atom stereocenters. The Morgan fingerprint density at radius 1 is 1.29 bits per heavy atom. The van der Waals surface area contributed by atoms with E-state index >= 15 is 0 Å². The van der Waals surface area contributed by atoms with Crippen LogP contribution in [0.15, 0.2) is 29.2 Å². The van der Waals surface area contributed by atoms with E-state index < -0.39 is 6.09 Å². The van der Waals surface area contributed by atoms with E-state index in [1.54, 1.807) is 11.8 Å². The second kappa shape index (κ2) is 7.47. The lowest BCUT2D eigenvalue weighted by Crippen LogP contribution is -2.46. The number of carboxylic acid groups (broad SMARTS) is 1. The molecule has 2 amide bonds. The summed E-state index contributed by atoms with van der Waals surface area (Å²) >= 11 is 1.58. The topological polar surface area (TPSA) is 60.9 Å². The molecule has 2 fully saturated rings. The summed E-state index contributed by atoms with van der Waals surface area (Å²) in [6.45, 7) is 1.69. The molecule has 6 heteroatoms. The van der Waals surface area contributed by atoms with Gasteiger partial charge in [-0.05, 0) is 43.6 Å². The molecule has 1 aromatic rings. The van der Waals surface area contributed by atoms with Gasteiger partial charge in [-0.3, -0.25) is 4.79 Å². The van der Waals surface area contributed by atoms with Crippen LogP contribution in [0.5, 0.6) is 0 Å². The van der Waals surface area contributed by atoms with Crippen LogP contribution >= 0.6 is 11.8 Å². The monoisotopic (exact) mass is 348 g/mol. The van der Waals surface area contributed by atoms with E-state index in [1.165, 1.54) is 24.2 Å². The Labute approximate surface area is 147 Å². The summed E-state index contributed by atoms with van der Waals surface area (Å²) in [7, 11) is 0. The third-order valence-electron chi connectivity index (χ3n) is 5.15. The first kappa shape index (κ1) is 17.1. The number of carbonyl (C=O) groups is 2. The highest BCUT2D eigenvalue weighted by Gasteiger charge is 2.35. The van der Waals surface area contributed by atoms with E-state index in [-0.39, 0.29) is 11.9 Å². The Bertz CT molecular complexity index is 618. The first-order valence-electron chi connectivity index (χ1n) is 8.52. The van der Waals surface area contributed by atoms with E-state index in [4.69, 9.17) is 0 Å². The smallest absolute Gasteiger partial charge is 0.407 e. The van der Waals surface area contributed by atoms with Gasteiger partial charge >= 0.3 is 6.09 Å². The SMILES string of the molecule is CSc1ccccc1C(=O)N(CC1CCC1)[C@H]1CCN(C(=O)O)C1. The number of rotatable bonds is 5. The van der Waals surface area contributed by atoms with Gasteiger partial charge < -0.3 is 14.9 Å². The van der Waals surface area contributed by atoms with Crippen molar-refractivity contribution >= 4 is 23.8 Å². The summed E-state index contributed by atoms with van der Waals surface area (Å²) in [5, 5.41) is 9.21. The molecule has 2 aliphatic rings. The number of carbonyl (C=O) groups excluding carboxylic acids is 1. The molecule has 0 unspecified atom stereocenters. The minimum atomic E-state index is -0.891. The third-order valence-corrected chi connectivity index (χ3v) is 5.95. The van der Waals surface area contributed by atoms with Crippen LogP contribution in [-0.2, 0) is 0 Å². The lowest BCUT2D eigenvalue weighted by molar-refractivity contribution is 0.0598. The van der Waals surface area contributed by atoms with E-state index in [9.17, 15) is 14.7 Å². The minimum absolute atomic E-state index is 0.0101. The number of nitrogens with zero attached hydrogens (tertiary/aromatic N) is 2. The Balaban J connectivity index is 1.81. The quantitative estimate of drug-likeness (QED) is 0.829. The maximum Gasteiger partial charge on any atom is 0.407 e. The van der Waals surface area contributed by atoms with Gasteiger partial charge in [-0.15, -0.1) is 11.8 Å². The second-order valence-electron chi connectivity index (χ2n) is 6.63. The highest BCUT2D eigenvalue weighted by Crippen LogP contribution is 2.31. The molecule has 3 rings (SSSR count). The highest BCUT2D eigenvalue weighted by atomic mass is 32.2. The molecular formula is C18H24N2O3S. The van der Waals surface area contributed by atoms with Crippen molar-refractivity contribution in [2.75, 3.05) is 25.9 Å². The number of thioether (sulfide) groups is 1. The molecule has 1 N–H and O–H groups in total. The fourth-order valence-corrected chi connectivity index (χ4v) is 4.09. The molecule has 0 bridgehead atoms. The van der Waals surface area contributed by atoms with Crippen molar-refractivity contribution in [3.05, 3.63) is 29.8 Å². The largest absolute Gasteiger partial charge is 0.465 e. The number of likely N-dealkylation sites (tertiary alicyclic amines) is 1. The van der Waals surface area contributed by atoms with Gasteiger partial charge in [0, 0.05) is 24.5 Å². The Kier molecular flexibility index (Phi) is 5.33. The van der Waals surface area contributed by atoms with Crippen molar-refractivity contribution in [1.82, 2.24) is 9.80 Å². The van der Waals surface area contributed by atoms with E-state index in [0.29, 0.717) is 19.0 Å². The van der Waals surface area contributed by atoms with Crippen molar-refractivity contribution in [2.45, 2.75) is 36.6 Å². The normalized spacial score (nSPS) is 20.7. The van der Waals surface area contributed by atoms with Gasteiger partial charge in [0.15, 0.2) is 0 Å². The van der Waals surface area contributed by atoms with Gasteiger partial charge in [-0.25, -0.2) is 4.79 Å².